The zero-order valence-electron chi connectivity index (χ0n) is 15.3. The van der Waals surface area contributed by atoms with Crippen LogP contribution in [0.4, 0.5) is 5.13 Å². The summed E-state index contributed by atoms with van der Waals surface area (Å²) in [6, 6.07) is 15.9. The highest BCUT2D eigenvalue weighted by Gasteiger charge is 2.12. The highest BCUT2D eigenvalue weighted by molar-refractivity contribution is 9.10. The zero-order valence-corrected chi connectivity index (χ0v) is 17.7. The van der Waals surface area contributed by atoms with Crippen LogP contribution in [0.5, 0.6) is 5.75 Å². The maximum Gasteiger partial charge on any atom is 0.226 e. The van der Waals surface area contributed by atoms with Gasteiger partial charge < -0.3 is 10.1 Å². The van der Waals surface area contributed by atoms with E-state index in [9.17, 15) is 4.79 Å². The van der Waals surface area contributed by atoms with Crippen LogP contribution < -0.4 is 10.1 Å². The summed E-state index contributed by atoms with van der Waals surface area (Å²) in [5.41, 5.74) is 3.11. The van der Waals surface area contributed by atoms with Gasteiger partial charge in [0.05, 0.1) is 12.3 Å². The highest BCUT2D eigenvalue weighted by atomic mass is 79.9. The van der Waals surface area contributed by atoms with Crippen LogP contribution in [-0.4, -0.2) is 17.5 Å². The number of ether oxygens (including phenoxy) is 1. The minimum absolute atomic E-state index is 0.0426. The number of carbonyl (C=O) groups is 1. The molecule has 3 rings (SSSR count). The number of hydrogen-bond donors (Lipinski definition) is 1. The molecule has 0 bridgehead atoms. The van der Waals surface area contributed by atoms with Crippen molar-refractivity contribution in [2.45, 2.75) is 26.7 Å². The van der Waals surface area contributed by atoms with Crippen molar-refractivity contribution in [1.82, 2.24) is 4.98 Å². The van der Waals surface area contributed by atoms with Gasteiger partial charge in [0, 0.05) is 21.3 Å². The lowest BCUT2D eigenvalue weighted by atomic mass is 10.1. The topological polar surface area (TPSA) is 51.2 Å². The first-order chi connectivity index (χ1) is 13.0. The van der Waals surface area contributed by atoms with Gasteiger partial charge in [-0.2, -0.15) is 0 Å². The van der Waals surface area contributed by atoms with E-state index in [2.05, 4.69) is 26.2 Å². The van der Waals surface area contributed by atoms with Gasteiger partial charge in [-0.05, 0) is 50.1 Å². The van der Waals surface area contributed by atoms with Crippen molar-refractivity contribution in [2.24, 2.45) is 0 Å². The molecule has 0 aliphatic heterocycles. The Morgan fingerprint density at radius 3 is 2.70 bits per heavy atom. The number of hydrogen-bond acceptors (Lipinski definition) is 4. The second-order valence-electron chi connectivity index (χ2n) is 6.25. The van der Waals surface area contributed by atoms with Crippen LogP contribution in [0.1, 0.15) is 23.3 Å². The Morgan fingerprint density at radius 2 is 1.96 bits per heavy atom. The van der Waals surface area contributed by atoms with Gasteiger partial charge in [-0.25, -0.2) is 4.98 Å². The maximum atomic E-state index is 12.2. The van der Waals surface area contributed by atoms with Crippen LogP contribution in [-0.2, 0) is 4.79 Å². The Morgan fingerprint density at radius 1 is 1.19 bits per heavy atom. The first-order valence-electron chi connectivity index (χ1n) is 8.74. The average molecular weight is 445 g/mol. The lowest BCUT2D eigenvalue weighted by molar-refractivity contribution is -0.116. The first kappa shape index (κ1) is 19.6. The summed E-state index contributed by atoms with van der Waals surface area (Å²) in [5.74, 6) is 0.795. The van der Waals surface area contributed by atoms with Gasteiger partial charge in [0.2, 0.25) is 5.91 Å². The molecule has 0 saturated heterocycles. The zero-order chi connectivity index (χ0) is 19.2. The van der Waals surface area contributed by atoms with E-state index in [-0.39, 0.29) is 5.91 Å². The number of anilines is 1. The number of carbonyl (C=O) groups excluding carboxylic acids is 1. The molecule has 0 unspecified atom stereocenters. The van der Waals surface area contributed by atoms with E-state index >= 15 is 0 Å². The first-order valence-corrected chi connectivity index (χ1v) is 10.3. The molecule has 1 heterocycles. The number of aromatic nitrogens is 1. The minimum Gasteiger partial charge on any atom is -0.494 e. The van der Waals surface area contributed by atoms with Crippen molar-refractivity contribution in [3.05, 3.63) is 63.4 Å². The van der Waals surface area contributed by atoms with Gasteiger partial charge in [-0.1, -0.05) is 40.2 Å². The number of rotatable bonds is 7. The molecule has 1 aromatic heterocycles. The van der Waals surface area contributed by atoms with Crippen LogP contribution in [0.15, 0.2) is 53.0 Å². The third-order valence-electron chi connectivity index (χ3n) is 3.97. The molecule has 0 saturated carbocycles. The van der Waals surface area contributed by atoms with E-state index in [0.717, 1.165) is 31.9 Å². The van der Waals surface area contributed by atoms with Crippen LogP contribution in [0.3, 0.4) is 0 Å². The number of nitrogens with one attached hydrogen (secondary N) is 1. The summed E-state index contributed by atoms with van der Waals surface area (Å²) in [6.07, 6.45) is 1.06. The summed E-state index contributed by atoms with van der Waals surface area (Å²) < 4.78 is 6.71. The number of thiazole rings is 1. The Kier molecular flexibility index (Phi) is 6.63. The molecule has 6 heteroatoms. The summed E-state index contributed by atoms with van der Waals surface area (Å²) in [5, 5.41) is 3.53. The van der Waals surface area contributed by atoms with E-state index in [1.165, 1.54) is 11.3 Å². The van der Waals surface area contributed by atoms with Crippen molar-refractivity contribution >= 4 is 38.3 Å². The molecule has 0 aliphatic carbocycles. The van der Waals surface area contributed by atoms with Crippen LogP contribution >= 0.6 is 27.3 Å². The quantitative estimate of drug-likeness (QED) is 0.455. The van der Waals surface area contributed by atoms with Gasteiger partial charge in [0.25, 0.3) is 0 Å². The lowest BCUT2D eigenvalue weighted by Gasteiger charge is -2.06. The maximum absolute atomic E-state index is 12.2. The number of aryl methyl sites for hydroxylation is 2. The van der Waals surface area contributed by atoms with Crippen molar-refractivity contribution in [3.63, 3.8) is 0 Å². The van der Waals surface area contributed by atoms with Gasteiger partial charge in [-0.15, -0.1) is 11.3 Å². The number of nitrogens with zero attached hydrogens (tertiary/aromatic N) is 1. The molecule has 0 radical (unpaired) electrons. The summed E-state index contributed by atoms with van der Waals surface area (Å²) >= 11 is 4.93. The van der Waals surface area contributed by atoms with Crippen LogP contribution in [0.25, 0.3) is 11.3 Å². The molecule has 0 atom stereocenters. The van der Waals surface area contributed by atoms with Crippen LogP contribution in [0.2, 0.25) is 0 Å². The average Bonchev–Trinajstić information content (AvgIpc) is 2.99. The Balaban J connectivity index is 1.49. The van der Waals surface area contributed by atoms with Gasteiger partial charge in [0.15, 0.2) is 5.13 Å². The lowest BCUT2D eigenvalue weighted by Crippen LogP contribution is -2.12. The SMILES string of the molecule is Cc1cccc(OCCCC(=O)Nc2nc(-c3ccc(Br)cc3)c(C)s2)c1. The molecule has 1 N–H and O–H groups in total. The largest absolute Gasteiger partial charge is 0.494 e. The van der Waals surface area contributed by atoms with E-state index in [1.807, 2.05) is 62.4 Å². The fraction of sp³-hybridized carbons (Fsp3) is 0.238. The molecule has 0 aliphatic rings. The monoisotopic (exact) mass is 444 g/mol. The van der Waals surface area contributed by atoms with Gasteiger partial charge in [-0.3, -0.25) is 4.79 Å². The number of amides is 1. The fourth-order valence-corrected chi connectivity index (χ4v) is 3.75. The Bertz CT molecular complexity index is 922. The molecule has 0 fully saturated rings. The fourth-order valence-electron chi connectivity index (χ4n) is 2.64. The standard InChI is InChI=1S/C21H21BrN2O2S/c1-14-5-3-6-18(13-14)26-12-4-7-19(25)23-21-24-20(15(2)27-21)16-8-10-17(22)11-9-16/h3,5-6,8-11,13H,4,7,12H2,1-2H3,(H,23,24,25). The van der Waals surface area contributed by atoms with Crippen molar-refractivity contribution in [2.75, 3.05) is 11.9 Å². The van der Waals surface area contributed by atoms with Crippen molar-refractivity contribution in [1.29, 1.82) is 0 Å². The summed E-state index contributed by atoms with van der Waals surface area (Å²) in [7, 11) is 0. The second kappa shape index (κ2) is 9.15. The Labute approximate surface area is 171 Å². The third-order valence-corrected chi connectivity index (χ3v) is 5.38. The summed E-state index contributed by atoms with van der Waals surface area (Å²) in [6.45, 7) is 4.55. The molecule has 27 heavy (non-hydrogen) atoms. The molecule has 1 amide bonds. The van der Waals surface area contributed by atoms with Crippen molar-refractivity contribution < 1.29 is 9.53 Å². The Hall–Kier alpha value is -2.18. The van der Waals surface area contributed by atoms with Crippen LogP contribution in [0, 0.1) is 13.8 Å². The predicted octanol–water partition coefficient (Wildman–Crippen LogP) is 5.99. The molecule has 2 aromatic carbocycles. The van der Waals surface area contributed by atoms with E-state index < -0.39 is 0 Å². The smallest absolute Gasteiger partial charge is 0.226 e. The summed E-state index contributed by atoms with van der Waals surface area (Å²) in [4.78, 5) is 17.8. The third kappa shape index (κ3) is 5.65. The molecular formula is C21H21BrN2O2S. The van der Waals surface area contributed by atoms with Crippen molar-refractivity contribution in [3.8, 4) is 17.0 Å². The second-order valence-corrected chi connectivity index (χ2v) is 8.37. The van der Waals surface area contributed by atoms with E-state index in [1.54, 1.807) is 0 Å². The van der Waals surface area contributed by atoms with Gasteiger partial charge >= 0.3 is 0 Å². The molecule has 4 nitrogen and oxygen atoms in total. The number of benzene rings is 2. The van der Waals surface area contributed by atoms with E-state index in [4.69, 9.17) is 4.74 Å². The predicted molar refractivity (Wildman–Crippen MR) is 115 cm³/mol. The molecule has 0 spiro atoms. The molecule has 140 valence electrons. The minimum atomic E-state index is -0.0426. The van der Waals surface area contributed by atoms with Gasteiger partial charge in [0.1, 0.15) is 5.75 Å². The highest BCUT2D eigenvalue weighted by Crippen LogP contribution is 2.31. The van der Waals surface area contributed by atoms with E-state index in [0.29, 0.717) is 24.6 Å². The number of halogens is 1. The molecule has 3 aromatic rings. The molecular weight excluding hydrogens is 424 g/mol. The normalized spacial score (nSPS) is 10.6.